The maximum absolute atomic E-state index is 12.4. The van der Waals surface area contributed by atoms with Crippen LogP contribution < -0.4 is 0 Å². The quantitative estimate of drug-likeness (QED) is 0.868. The van der Waals surface area contributed by atoms with Gasteiger partial charge in [0.2, 0.25) is 0 Å². The standard InChI is InChI=1S/C18H19N2OS/c21-20-12-16-18(15-9-5-2-6-10-15)22-13-19(16)17(20)11-14-7-3-1-4-8-14/h1-10,16-18H,11-13H2/q-1. The summed E-state index contributed by atoms with van der Waals surface area (Å²) < 4.78 is 0. The molecule has 2 heterocycles. The van der Waals surface area contributed by atoms with E-state index in [0.717, 1.165) is 12.3 Å². The second-order valence-corrected chi connectivity index (χ2v) is 7.08. The molecule has 0 aliphatic carbocycles. The Hall–Kier alpha value is -1.33. The van der Waals surface area contributed by atoms with Crippen molar-refractivity contribution in [3.8, 4) is 0 Å². The van der Waals surface area contributed by atoms with Gasteiger partial charge in [0, 0.05) is 30.1 Å². The van der Waals surface area contributed by atoms with E-state index in [9.17, 15) is 5.21 Å². The molecule has 0 spiro atoms. The molecule has 0 aromatic heterocycles. The lowest BCUT2D eigenvalue weighted by Crippen LogP contribution is -2.38. The number of fused-ring (bicyclic) bond motifs is 1. The number of hydroxylamine groups is 2. The van der Waals surface area contributed by atoms with Crippen LogP contribution in [0.2, 0.25) is 0 Å². The van der Waals surface area contributed by atoms with Crippen LogP contribution in [0.5, 0.6) is 0 Å². The lowest BCUT2D eigenvalue weighted by Gasteiger charge is -2.33. The predicted molar refractivity (Wildman–Crippen MR) is 91.3 cm³/mol. The van der Waals surface area contributed by atoms with Gasteiger partial charge in [0.1, 0.15) is 0 Å². The maximum atomic E-state index is 12.4. The lowest BCUT2D eigenvalue weighted by molar-refractivity contribution is 0.182. The Labute approximate surface area is 135 Å². The topological polar surface area (TPSA) is 29.5 Å². The van der Waals surface area contributed by atoms with Gasteiger partial charge in [-0.25, -0.2) is 0 Å². The van der Waals surface area contributed by atoms with Gasteiger partial charge in [-0.3, -0.25) is 4.90 Å². The first-order valence-corrected chi connectivity index (χ1v) is 8.78. The molecule has 4 rings (SSSR count). The molecule has 3 nitrogen and oxygen atoms in total. The van der Waals surface area contributed by atoms with Crippen LogP contribution in [0, 0.1) is 5.21 Å². The van der Waals surface area contributed by atoms with E-state index in [1.165, 1.54) is 16.2 Å². The number of nitrogens with zero attached hydrogens (tertiary/aromatic N) is 2. The molecule has 0 radical (unpaired) electrons. The van der Waals surface area contributed by atoms with Crippen LogP contribution in [0.15, 0.2) is 60.7 Å². The first-order chi connectivity index (χ1) is 10.8. The zero-order valence-electron chi connectivity index (χ0n) is 12.3. The van der Waals surface area contributed by atoms with Crippen LogP contribution in [0.3, 0.4) is 0 Å². The minimum atomic E-state index is -0.0198. The Morgan fingerprint density at radius 3 is 2.41 bits per heavy atom. The second kappa shape index (κ2) is 6.05. The highest BCUT2D eigenvalue weighted by atomic mass is 32.2. The van der Waals surface area contributed by atoms with Crippen LogP contribution in [-0.4, -0.2) is 34.6 Å². The first-order valence-electron chi connectivity index (χ1n) is 7.73. The molecule has 22 heavy (non-hydrogen) atoms. The van der Waals surface area contributed by atoms with Gasteiger partial charge in [0.15, 0.2) is 0 Å². The zero-order valence-corrected chi connectivity index (χ0v) is 13.2. The average Bonchev–Trinajstić information content (AvgIpc) is 3.09. The van der Waals surface area contributed by atoms with E-state index < -0.39 is 0 Å². The van der Waals surface area contributed by atoms with Crippen LogP contribution in [0.4, 0.5) is 0 Å². The molecular weight excluding hydrogens is 292 g/mol. The number of rotatable bonds is 3. The Morgan fingerprint density at radius 2 is 1.68 bits per heavy atom. The predicted octanol–water partition coefficient (Wildman–Crippen LogP) is 3.48. The Kier molecular flexibility index (Phi) is 3.92. The van der Waals surface area contributed by atoms with Gasteiger partial charge in [-0.1, -0.05) is 60.7 Å². The minimum absolute atomic E-state index is 0.0198. The summed E-state index contributed by atoms with van der Waals surface area (Å²) in [6.07, 6.45) is 0.789. The maximum Gasteiger partial charge on any atom is 0.0561 e. The van der Waals surface area contributed by atoms with Crippen molar-refractivity contribution in [2.45, 2.75) is 23.9 Å². The van der Waals surface area contributed by atoms with Crippen molar-refractivity contribution < 1.29 is 0 Å². The van der Waals surface area contributed by atoms with E-state index >= 15 is 0 Å². The second-order valence-electron chi connectivity index (χ2n) is 5.98. The van der Waals surface area contributed by atoms with E-state index in [1.54, 1.807) is 0 Å². The highest BCUT2D eigenvalue weighted by Gasteiger charge is 2.44. The largest absolute Gasteiger partial charge is 0.784 e. The highest BCUT2D eigenvalue weighted by Crippen LogP contribution is 2.46. The monoisotopic (exact) mass is 311 g/mol. The number of hydrogen-bond acceptors (Lipinski definition) is 4. The Morgan fingerprint density at radius 1 is 1.00 bits per heavy atom. The number of benzene rings is 2. The molecule has 3 unspecified atom stereocenters. The van der Waals surface area contributed by atoms with E-state index in [2.05, 4.69) is 41.3 Å². The smallest absolute Gasteiger partial charge is 0.0561 e. The van der Waals surface area contributed by atoms with Crippen LogP contribution in [0.1, 0.15) is 16.4 Å². The summed E-state index contributed by atoms with van der Waals surface area (Å²) in [4.78, 5) is 2.39. The molecule has 4 heteroatoms. The lowest BCUT2D eigenvalue weighted by atomic mass is 10.1. The van der Waals surface area contributed by atoms with Crippen molar-refractivity contribution in [1.29, 1.82) is 0 Å². The van der Waals surface area contributed by atoms with E-state index in [1.807, 2.05) is 36.0 Å². The Bertz CT molecular complexity index is 619. The van der Waals surface area contributed by atoms with Gasteiger partial charge in [-0.2, -0.15) is 0 Å². The molecule has 0 N–H and O–H groups in total. The third-order valence-corrected chi connectivity index (χ3v) is 6.04. The van der Waals surface area contributed by atoms with Gasteiger partial charge in [0.05, 0.1) is 6.17 Å². The van der Waals surface area contributed by atoms with E-state index in [-0.39, 0.29) is 6.17 Å². The fourth-order valence-corrected chi connectivity index (χ4v) is 5.04. The SMILES string of the molecule is [O-]N1CC2C(c3ccccc3)SCN2C1Cc1ccccc1. The third kappa shape index (κ3) is 2.57. The van der Waals surface area contributed by atoms with Gasteiger partial charge in [-0.05, 0) is 11.1 Å². The van der Waals surface area contributed by atoms with Crippen molar-refractivity contribution in [2.24, 2.45) is 0 Å². The van der Waals surface area contributed by atoms with Gasteiger partial charge >= 0.3 is 0 Å². The summed E-state index contributed by atoms with van der Waals surface area (Å²) in [6.45, 7) is 0.615. The van der Waals surface area contributed by atoms with Crippen molar-refractivity contribution in [3.63, 3.8) is 0 Å². The van der Waals surface area contributed by atoms with Crippen LogP contribution in [0.25, 0.3) is 0 Å². The molecule has 2 aromatic rings. The van der Waals surface area contributed by atoms with Gasteiger partial charge in [0.25, 0.3) is 0 Å². The molecule has 0 bridgehead atoms. The summed E-state index contributed by atoms with van der Waals surface area (Å²) in [5, 5.41) is 14.1. The van der Waals surface area contributed by atoms with Crippen LogP contribution >= 0.6 is 11.8 Å². The summed E-state index contributed by atoms with van der Waals surface area (Å²) >= 11 is 1.96. The van der Waals surface area contributed by atoms with E-state index in [0.29, 0.717) is 17.8 Å². The normalized spacial score (nSPS) is 28.9. The molecule has 114 valence electrons. The highest BCUT2D eigenvalue weighted by molar-refractivity contribution is 7.99. The molecule has 0 saturated carbocycles. The minimum Gasteiger partial charge on any atom is -0.784 e. The van der Waals surface area contributed by atoms with Crippen molar-refractivity contribution in [1.82, 2.24) is 9.96 Å². The van der Waals surface area contributed by atoms with Gasteiger partial charge in [-0.15, -0.1) is 11.8 Å². The Balaban J connectivity index is 1.53. The zero-order chi connectivity index (χ0) is 14.9. The molecule has 2 aromatic carbocycles. The van der Waals surface area contributed by atoms with Crippen molar-refractivity contribution in [2.75, 3.05) is 12.4 Å². The van der Waals surface area contributed by atoms with Crippen molar-refractivity contribution >= 4 is 11.8 Å². The molecule has 0 amide bonds. The molecule has 2 saturated heterocycles. The number of hydrogen-bond donors (Lipinski definition) is 0. The van der Waals surface area contributed by atoms with Crippen molar-refractivity contribution in [3.05, 3.63) is 77.0 Å². The first kappa shape index (κ1) is 14.3. The summed E-state index contributed by atoms with van der Waals surface area (Å²) in [7, 11) is 0. The van der Waals surface area contributed by atoms with Crippen LogP contribution in [-0.2, 0) is 6.42 Å². The average molecular weight is 311 g/mol. The molecule has 2 aliphatic heterocycles. The summed E-state index contributed by atoms with van der Waals surface area (Å²) in [5.74, 6) is 0.945. The number of thioether (sulfide) groups is 1. The fourth-order valence-electron chi connectivity index (χ4n) is 3.53. The third-order valence-electron chi connectivity index (χ3n) is 4.65. The van der Waals surface area contributed by atoms with Gasteiger partial charge < -0.3 is 10.3 Å². The summed E-state index contributed by atoms with van der Waals surface area (Å²) in [6, 6.07) is 21.2. The molecule has 2 aliphatic rings. The summed E-state index contributed by atoms with van der Waals surface area (Å²) in [5.41, 5.74) is 2.58. The molecular formula is C18H19N2OS-. The van der Waals surface area contributed by atoms with E-state index in [4.69, 9.17) is 0 Å². The molecule has 2 fully saturated rings. The fraction of sp³-hybridized carbons (Fsp3) is 0.333. The molecule has 3 atom stereocenters.